The lowest BCUT2D eigenvalue weighted by Gasteiger charge is -2.25. The molecule has 0 atom stereocenters. The monoisotopic (exact) mass is 446 g/mol. The van der Waals surface area contributed by atoms with Gasteiger partial charge in [0.15, 0.2) is 0 Å². The van der Waals surface area contributed by atoms with Crippen LogP contribution in [0.4, 0.5) is 5.69 Å². The lowest BCUT2D eigenvalue weighted by molar-refractivity contribution is -0.129. The maximum atomic E-state index is 12.9. The van der Waals surface area contributed by atoms with Crippen LogP contribution in [0.2, 0.25) is 0 Å². The summed E-state index contributed by atoms with van der Waals surface area (Å²) < 4.78 is 28.9. The van der Waals surface area contributed by atoms with Gasteiger partial charge in [-0.25, -0.2) is 8.42 Å². The van der Waals surface area contributed by atoms with Gasteiger partial charge in [0.2, 0.25) is 15.9 Å². The van der Waals surface area contributed by atoms with Gasteiger partial charge in [-0.05, 0) is 43.5 Å². The molecule has 1 aliphatic rings. The van der Waals surface area contributed by atoms with Crippen LogP contribution in [0.25, 0.3) is 0 Å². The van der Waals surface area contributed by atoms with Crippen LogP contribution in [0.5, 0.6) is 0 Å². The van der Waals surface area contributed by atoms with Gasteiger partial charge in [0, 0.05) is 52.0 Å². The minimum Gasteiger partial charge on any atom is -0.345 e. The van der Waals surface area contributed by atoms with Crippen molar-refractivity contribution in [2.24, 2.45) is 7.05 Å². The van der Waals surface area contributed by atoms with Crippen LogP contribution >= 0.6 is 0 Å². The van der Waals surface area contributed by atoms with Crippen molar-refractivity contribution < 1.29 is 18.0 Å². The van der Waals surface area contributed by atoms with E-state index in [1.807, 2.05) is 25.1 Å². The number of benzene rings is 1. The number of nitrogens with zero attached hydrogens (tertiary/aromatic N) is 3. The second kappa shape index (κ2) is 9.65. The average Bonchev–Trinajstić information content (AvgIpc) is 3.15. The van der Waals surface area contributed by atoms with Gasteiger partial charge in [-0.3, -0.25) is 9.59 Å². The molecule has 9 heteroatoms. The second-order valence-corrected chi connectivity index (χ2v) is 9.76. The van der Waals surface area contributed by atoms with E-state index in [1.165, 1.54) is 28.1 Å². The molecule has 1 saturated heterocycles. The van der Waals surface area contributed by atoms with E-state index in [9.17, 15) is 18.0 Å². The molecule has 1 N–H and O–H groups in total. The van der Waals surface area contributed by atoms with E-state index in [1.54, 1.807) is 18.0 Å². The molecule has 2 heterocycles. The molecule has 0 radical (unpaired) electrons. The van der Waals surface area contributed by atoms with Crippen molar-refractivity contribution in [2.75, 3.05) is 25.0 Å². The van der Waals surface area contributed by atoms with E-state index in [-0.39, 0.29) is 16.5 Å². The van der Waals surface area contributed by atoms with Gasteiger partial charge in [0.25, 0.3) is 5.91 Å². The summed E-state index contributed by atoms with van der Waals surface area (Å²) in [6, 6.07) is 8.72. The predicted molar refractivity (Wildman–Crippen MR) is 119 cm³/mol. The van der Waals surface area contributed by atoms with Gasteiger partial charge < -0.3 is 14.8 Å². The Morgan fingerprint density at radius 2 is 1.84 bits per heavy atom. The number of anilines is 1. The Morgan fingerprint density at radius 1 is 1.13 bits per heavy atom. The van der Waals surface area contributed by atoms with Crippen LogP contribution in [0, 0.1) is 0 Å². The molecule has 2 amide bonds. The maximum Gasteiger partial charge on any atom is 0.272 e. The molecule has 1 aromatic heterocycles. The van der Waals surface area contributed by atoms with E-state index in [2.05, 4.69) is 5.32 Å². The van der Waals surface area contributed by atoms with E-state index < -0.39 is 15.9 Å². The fourth-order valence-electron chi connectivity index (χ4n) is 3.76. The lowest BCUT2D eigenvalue weighted by Crippen LogP contribution is -2.35. The Hall–Kier alpha value is -2.65. The van der Waals surface area contributed by atoms with Crippen molar-refractivity contribution in [3.05, 3.63) is 47.8 Å². The van der Waals surface area contributed by atoms with Gasteiger partial charge in [-0.15, -0.1) is 0 Å². The summed E-state index contributed by atoms with van der Waals surface area (Å²) in [5.41, 5.74) is 1.75. The van der Waals surface area contributed by atoms with Gasteiger partial charge in [-0.1, -0.05) is 18.6 Å². The third kappa shape index (κ3) is 5.34. The molecule has 2 aromatic rings. The summed E-state index contributed by atoms with van der Waals surface area (Å²) in [6.45, 7) is 5.53. The van der Waals surface area contributed by atoms with Crippen LogP contribution in [0.15, 0.2) is 41.4 Å². The van der Waals surface area contributed by atoms with Crippen molar-refractivity contribution in [3.8, 4) is 0 Å². The number of rotatable bonds is 7. The zero-order valence-corrected chi connectivity index (χ0v) is 19.1. The molecule has 0 spiro atoms. The normalized spacial score (nSPS) is 14.9. The molecule has 31 heavy (non-hydrogen) atoms. The molecule has 1 aliphatic heterocycles. The van der Waals surface area contributed by atoms with Crippen LogP contribution in [-0.4, -0.2) is 53.6 Å². The first-order valence-corrected chi connectivity index (χ1v) is 12.0. The first-order valence-electron chi connectivity index (χ1n) is 10.5. The molecule has 0 bridgehead atoms. The number of hydrogen-bond donors (Lipinski definition) is 1. The molecule has 0 unspecified atom stereocenters. The number of hydrogen-bond acceptors (Lipinski definition) is 4. The minimum absolute atomic E-state index is 0.0109. The second-order valence-electron chi connectivity index (χ2n) is 7.82. The third-order valence-corrected chi connectivity index (χ3v) is 7.41. The summed E-state index contributed by atoms with van der Waals surface area (Å²) in [7, 11) is -1.95. The Kier molecular flexibility index (Phi) is 7.17. The molecular formula is C22H30N4O4S. The third-order valence-electron chi connectivity index (χ3n) is 5.55. The number of aryl methyl sites for hydroxylation is 1. The summed E-state index contributed by atoms with van der Waals surface area (Å²) in [4.78, 5) is 26.3. The van der Waals surface area contributed by atoms with Crippen LogP contribution in [0.3, 0.4) is 0 Å². The zero-order chi connectivity index (χ0) is 22.6. The van der Waals surface area contributed by atoms with Gasteiger partial charge >= 0.3 is 0 Å². The first kappa shape index (κ1) is 23.0. The fourth-order valence-corrected chi connectivity index (χ4v) is 5.35. The molecule has 1 fully saturated rings. The number of aromatic nitrogens is 1. The number of amides is 2. The number of carbonyl (C=O) groups excluding carboxylic acids is 2. The first-order chi connectivity index (χ1) is 14.7. The predicted octanol–water partition coefficient (Wildman–Crippen LogP) is 2.82. The van der Waals surface area contributed by atoms with Gasteiger partial charge in [-0.2, -0.15) is 4.31 Å². The zero-order valence-electron chi connectivity index (χ0n) is 18.3. The lowest BCUT2D eigenvalue weighted by atomic mass is 10.2. The standard InChI is InChI=1S/C22H30N4O4S/c1-4-25(17(2)27)15-18-9-8-10-19(13-18)23-22(28)21-14-20(16-24(21)3)31(29,30)26-11-6-5-7-12-26/h8-10,13-14,16H,4-7,11-12,15H2,1-3H3,(H,23,28). The summed E-state index contributed by atoms with van der Waals surface area (Å²) >= 11 is 0. The minimum atomic E-state index is -3.61. The molecule has 1 aromatic carbocycles. The molecule has 0 saturated carbocycles. The topological polar surface area (TPSA) is 91.7 Å². The summed E-state index contributed by atoms with van der Waals surface area (Å²) in [5, 5.41) is 2.83. The number of carbonyl (C=O) groups is 2. The van der Waals surface area contributed by atoms with E-state index in [4.69, 9.17) is 0 Å². The quantitative estimate of drug-likeness (QED) is 0.708. The van der Waals surface area contributed by atoms with Crippen molar-refractivity contribution in [1.82, 2.24) is 13.8 Å². The summed E-state index contributed by atoms with van der Waals surface area (Å²) in [6.07, 6.45) is 4.24. The van der Waals surface area contributed by atoms with Crippen LogP contribution in [0.1, 0.15) is 49.2 Å². The SMILES string of the molecule is CCN(Cc1cccc(NC(=O)c2cc(S(=O)(=O)N3CCCCC3)cn2C)c1)C(C)=O. The molecule has 3 rings (SSSR count). The van der Waals surface area contributed by atoms with E-state index in [0.29, 0.717) is 31.9 Å². The van der Waals surface area contributed by atoms with Crippen LogP contribution in [-0.2, 0) is 28.4 Å². The fraction of sp³-hybridized carbons (Fsp3) is 0.455. The Bertz CT molecular complexity index is 1060. The molecule has 0 aliphatic carbocycles. The van der Waals surface area contributed by atoms with Crippen molar-refractivity contribution >= 4 is 27.5 Å². The highest BCUT2D eigenvalue weighted by Gasteiger charge is 2.28. The van der Waals surface area contributed by atoms with Gasteiger partial charge in [0.1, 0.15) is 10.6 Å². The van der Waals surface area contributed by atoms with Crippen molar-refractivity contribution in [2.45, 2.75) is 44.6 Å². The largest absolute Gasteiger partial charge is 0.345 e. The Morgan fingerprint density at radius 3 is 2.48 bits per heavy atom. The number of nitrogens with one attached hydrogen (secondary N) is 1. The van der Waals surface area contributed by atoms with E-state index in [0.717, 1.165) is 24.8 Å². The van der Waals surface area contributed by atoms with Crippen LogP contribution < -0.4 is 5.32 Å². The average molecular weight is 447 g/mol. The van der Waals surface area contributed by atoms with Gasteiger partial charge in [0.05, 0.1) is 0 Å². The highest BCUT2D eigenvalue weighted by Crippen LogP contribution is 2.23. The van der Waals surface area contributed by atoms with E-state index >= 15 is 0 Å². The Labute approximate surface area is 183 Å². The highest BCUT2D eigenvalue weighted by molar-refractivity contribution is 7.89. The number of sulfonamides is 1. The smallest absolute Gasteiger partial charge is 0.272 e. The van der Waals surface area contributed by atoms with Crippen molar-refractivity contribution in [1.29, 1.82) is 0 Å². The maximum absolute atomic E-state index is 12.9. The highest BCUT2D eigenvalue weighted by atomic mass is 32.2. The molecule has 168 valence electrons. The summed E-state index contributed by atoms with van der Waals surface area (Å²) in [5.74, 6) is -0.401. The molecular weight excluding hydrogens is 416 g/mol. The van der Waals surface area contributed by atoms with Crippen molar-refractivity contribution in [3.63, 3.8) is 0 Å². The molecule has 8 nitrogen and oxygen atoms in total. The number of piperidine rings is 1. The Balaban J connectivity index is 1.76.